The van der Waals surface area contributed by atoms with E-state index in [2.05, 4.69) is 30.2 Å². The molecule has 8 heteroatoms. The largest absolute Gasteiger partial charge is 0.357 e. The molecular weight excluding hydrogens is 286 g/mol. The van der Waals surface area contributed by atoms with Crippen molar-refractivity contribution in [3.63, 3.8) is 0 Å². The first-order valence-corrected chi connectivity index (χ1v) is 7.97. The highest BCUT2D eigenvalue weighted by molar-refractivity contribution is 7.07. The molecule has 0 atom stereocenters. The van der Waals surface area contributed by atoms with E-state index in [4.69, 9.17) is 0 Å². The topological polar surface area (TPSA) is 70.1 Å². The molecule has 3 heterocycles. The van der Waals surface area contributed by atoms with Gasteiger partial charge in [0.1, 0.15) is 0 Å². The van der Waals surface area contributed by atoms with Gasteiger partial charge in [0, 0.05) is 32.6 Å². The Labute approximate surface area is 128 Å². The molecule has 0 saturated carbocycles. The molecule has 0 bridgehead atoms. The molecule has 21 heavy (non-hydrogen) atoms. The maximum atomic E-state index is 4.61. The fourth-order valence-electron chi connectivity index (χ4n) is 2.32. The van der Waals surface area contributed by atoms with E-state index in [0.29, 0.717) is 18.4 Å². The molecule has 112 valence electrons. The summed E-state index contributed by atoms with van der Waals surface area (Å²) in [7, 11) is 3.80. The van der Waals surface area contributed by atoms with Gasteiger partial charge in [0.15, 0.2) is 0 Å². The number of anilines is 3. The smallest absolute Gasteiger partial charge is 0.232 e. The van der Waals surface area contributed by atoms with Crippen LogP contribution in [0.25, 0.3) is 0 Å². The van der Waals surface area contributed by atoms with Crippen molar-refractivity contribution in [3.8, 4) is 0 Å². The Hall–Kier alpha value is -1.96. The molecule has 1 aliphatic heterocycles. The van der Waals surface area contributed by atoms with E-state index >= 15 is 0 Å². The zero-order valence-corrected chi connectivity index (χ0v) is 13.1. The first-order chi connectivity index (χ1) is 10.3. The lowest BCUT2D eigenvalue weighted by atomic mass is 10.4. The predicted molar refractivity (Wildman–Crippen MR) is 85.0 cm³/mol. The zero-order chi connectivity index (χ0) is 14.7. The highest BCUT2D eigenvalue weighted by Gasteiger charge is 2.18. The lowest BCUT2D eigenvalue weighted by Crippen LogP contribution is -2.25. The number of thiazole rings is 1. The highest BCUT2D eigenvalue weighted by atomic mass is 32.1. The van der Waals surface area contributed by atoms with Crippen molar-refractivity contribution in [2.75, 3.05) is 42.3 Å². The van der Waals surface area contributed by atoms with Gasteiger partial charge in [-0.05, 0) is 12.8 Å². The molecule has 1 saturated heterocycles. The van der Waals surface area contributed by atoms with E-state index in [1.165, 1.54) is 12.8 Å². The second-order valence-electron chi connectivity index (χ2n) is 5.04. The standard InChI is InChI=1S/C13H19N7S/c1-14-11-16-12(19(2)7-10-8-21-9-15-10)18-13(17-11)20-5-3-4-6-20/h8-9H,3-7H2,1-2H3,(H,14,16,17,18). The maximum absolute atomic E-state index is 4.61. The molecule has 2 aromatic rings. The SMILES string of the molecule is CNc1nc(N(C)Cc2cscn2)nc(N2CCCC2)n1. The summed E-state index contributed by atoms with van der Waals surface area (Å²) in [5.74, 6) is 2.03. The number of nitrogens with one attached hydrogen (secondary N) is 1. The van der Waals surface area contributed by atoms with Crippen LogP contribution in [0.5, 0.6) is 0 Å². The van der Waals surface area contributed by atoms with Gasteiger partial charge in [0.2, 0.25) is 17.8 Å². The Balaban J connectivity index is 1.84. The monoisotopic (exact) mass is 305 g/mol. The Bertz CT molecular complexity index is 580. The summed E-state index contributed by atoms with van der Waals surface area (Å²) < 4.78 is 0. The second-order valence-corrected chi connectivity index (χ2v) is 5.76. The van der Waals surface area contributed by atoms with Crippen molar-refractivity contribution in [1.29, 1.82) is 0 Å². The molecule has 1 N–H and O–H groups in total. The van der Waals surface area contributed by atoms with Gasteiger partial charge in [-0.15, -0.1) is 11.3 Å². The fraction of sp³-hybridized carbons (Fsp3) is 0.538. The van der Waals surface area contributed by atoms with Gasteiger partial charge in [-0.1, -0.05) is 0 Å². The van der Waals surface area contributed by atoms with Crippen molar-refractivity contribution >= 4 is 29.2 Å². The molecule has 3 rings (SSSR count). The summed E-state index contributed by atoms with van der Waals surface area (Å²) in [6.07, 6.45) is 2.40. The Kier molecular flexibility index (Phi) is 4.14. The normalized spacial score (nSPS) is 14.5. The number of nitrogens with zero attached hydrogens (tertiary/aromatic N) is 6. The zero-order valence-electron chi connectivity index (χ0n) is 12.3. The van der Waals surface area contributed by atoms with Crippen LogP contribution >= 0.6 is 11.3 Å². The van der Waals surface area contributed by atoms with Gasteiger partial charge in [0.05, 0.1) is 17.7 Å². The van der Waals surface area contributed by atoms with Crippen molar-refractivity contribution in [2.24, 2.45) is 0 Å². The van der Waals surface area contributed by atoms with Crippen LogP contribution < -0.4 is 15.1 Å². The van der Waals surface area contributed by atoms with Crippen LogP contribution in [-0.2, 0) is 6.54 Å². The Morgan fingerprint density at radius 3 is 2.76 bits per heavy atom. The van der Waals surface area contributed by atoms with Gasteiger partial charge in [-0.2, -0.15) is 15.0 Å². The first kappa shape index (κ1) is 14.0. The number of rotatable bonds is 5. The third-order valence-corrected chi connectivity index (χ3v) is 4.08. The summed E-state index contributed by atoms with van der Waals surface area (Å²) in [5.41, 5.74) is 2.86. The molecule has 0 spiro atoms. The minimum atomic E-state index is 0.604. The Morgan fingerprint density at radius 1 is 1.29 bits per heavy atom. The quantitative estimate of drug-likeness (QED) is 0.899. The van der Waals surface area contributed by atoms with E-state index in [0.717, 1.165) is 24.7 Å². The second kappa shape index (κ2) is 6.21. The molecule has 1 fully saturated rings. The number of hydrogen-bond acceptors (Lipinski definition) is 8. The van der Waals surface area contributed by atoms with Crippen LogP contribution in [0.4, 0.5) is 17.8 Å². The molecule has 0 aromatic carbocycles. The van der Waals surface area contributed by atoms with Gasteiger partial charge in [0.25, 0.3) is 0 Å². The molecule has 0 amide bonds. The molecule has 2 aromatic heterocycles. The maximum Gasteiger partial charge on any atom is 0.232 e. The van der Waals surface area contributed by atoms with Crippen molar-refractivity contribution < 1.29 is 0 Å². The summed E-state index contributed by atoms with van der Waals surface area (Å²) in [6.45, 7) is 2.72. The molecule has 7 nitrogen and oxygen atoms in total. The molecule has 0 radical (unpaired) electrons. The van der Waals surface area contributed by atoms with Crippen molar-refractivity contribution in [1.82, 2.24) is 19.9 Å². The summed E-state index contributed by atoms with van der Waals surface area (Å²) >= 11 is 1.60. The average Bonchev–Trinajstić information content (AvgIpc) is 3.20. The number of hydrogen-bond donors (Lipinski definition) is 1. The summed E-state index contributed by atoms with van der Waals surface area (Å²) in [6, 6.07) is 0. The molecule has 1 aliphatic rings. The average molecular weight is 305 g/mol. The highest BCUT2D eigenvalue weighted by Crippen LogP contribution is 2.20. The number of aromatic nitrogens is 4. The van der Waals surface area contributed by atoms with Gasteiger partial charge in [-0.25, -0.2) is 4.98 Å². The lowest BCUT2D eigenvalue weighted by Gasteiger charge is -2.20. The minimum Gasteiger partial charge on any atom is -0.357 e. The molecule has 0 unspecified atom stereocenters. The minimum absolute atomic E-state index is 0.604. The lowest BCUT2D eigenvalue weighted by molar-refractivity contribution is 0.816. The molecule has 0 aliphatic carbocycles. The third-order valence-electron chi connectivity index (χ3n) is 3.45. The molecular formula is C13H19N7S. The fourth-order valence-corrected chi connectivity index (χ4v) is 2.87. The van der Waals surface area contributed by atoms with Gasteiger partial charge >= 0.3 is 0 Å². The van der Waals surface area contributed by atoms with E-state index < -0.39 is 0 Å². The van der Waals surface area contributed by atoms with Crippen LogP contribution in [0, 0.1) is 0 Å². The van der Waals surface area contributed by atoms with Crippen LogP contribution in [0.2, 0.25) is 0 Å². The summed E-state index contributed by atoms with van der Waals surface area (Å²) in [5, 5.41) is 5.06. The van der Waals surface area contributed by atoms with Crippen molar-refractivity contribution in [2.45, 2.75) is 19.4 Å². The van der Waals surface area contributed by atoms with Crippen LogP contribution in [-0.4, -0.2) is 47.1 Å². The van der Waals surface area contributed by atoms with E-state index in [1.807, 2.05) is 29.9 Å². The van der Waals surface area contributed by atoms with Crippen molar-refractivity contribution in [3.05, 3.63) is 16.6 Å². The van der Waals surface area contributed by atoms with Gasteiger partial charge < -0.3 is 15.1 Å². The van der Waals surface area contributed by atoms with Crippen LogP contribution in [0.15, 0.2) is 10.9 Å². The van der Waals surface area contributed by atoms with E-state index in [9.17, 15) is 0 Å². The van der Waals surface area contributed by atoms with Crippen LogP contribution in [0.3, 0.4) is 0 Å². The predicted octanol–water partition coefficient (Wildman–Crippen LogP) is 1.61. The first-order valence-electron chi connectivity index (χ1n) is 7.03. The third kappa shape index (κ3) is 3.21. The van der Waals surface area contributed by atoms with Crippen LogP contribution in [0.1, 0.15) is 18.5 Å². The van der Waals surface area contributed by atoms with E-state index in [-0.39, 0.29) is 0 Å². The van der Waals surface area contributed by atoms with Gasteiger partial charge in [-0.3, -0.25) is 0 Å². The Morgan fingerprint density at radius 2 is 2.10 bits per heavy atom. The van der Waals surface area contributed by atoms with E-state index in [1.54, 1.807) is 11.3 Å². The summed E-state index contributed by atoms with van der Waals surface area (Å²) in [4.78, 5) is 22.0.